The molecule has 4 heteroatoms. The lowest BCUT2D eigenvalue weighted by atomic mass is 10.0. The lowest BCUT2D eigenvalue weighted by Gasteiger charge is -2.13. The van der Waals surface area contributed by atoms with Crippen LogP contribution >= 0.6 is 0 Å². The lowest BCUT2D eigenvalue weighted by Crippen LogP contribution is -2.11. The minimum Gasteiger partial charge on any atom is -0.388 e. The van der Waals surface area contributed by atoms with Crippen molar-refractivity contribution >= 4 is 0 Å². The van der Waals surface area contributed by atoms with Crippen LogP contribution in [0.5, 0.6) is 0 Å². The summed E-state index contributed by atoms with van der Waals surface area (Å²) in [6.07, 6.45) is 0.742. The van der Waals surface area contributed by atoms with Gasteiger partial charge in [0.2, 0.25) is 0 Å². The molecular formula is C15H21N3O. The Morgan fingerprint density at radius 2 is 1.79 bits per heavy atom. The van der Waals surface area contributed by atoms with Crippen LogP contribution in [0, 0.1) is 13.8 Å². The van der Waals surface area contributed by atoms with Crippen LogP contribution in [-0.4, -0.2) is 19.9 Å². The molecule has 0 bridgehead atoms. The summed E-state index contributed by atoms with van der Waals surface area (Å²) >= 11 is 0. The number of rotatable bonds is 4. The minimum absolute atomic E-state index is 0.0713. The number of nitrogens with zero attached hydrogens (tertiary/aromatic N) is 3. The smallest absolute Gasteiger partial charge is 0.159 e. The van der Waals surface area contributed by atoms with Crippen molar-refractivity contribution in [2.75, 3.05) is 0 Å². The SMILES string of the molecule is Cc1ccc(Cc2nnc(CO)n2C(C)C)cc1C. The van der Waals surface area contributed by atoms with Crippen molar-refractivity contribution in [2.45, 2.75) is 46.8 Å². The van der Waals surface area contributed by atoms with Crippen molar-refractivity contribution in [2.24, 2.45) is 0 Å². The summed E-state index contributed by atoms with van der Waals surface area (Å²) in [5.41, 5.74) is 3.81. The zero-order valence-corrected chi connectivity index (χ0v) is 12.0. The Hall–Kier alpha value is -1.68. The second-order valence-corrected chi connectivity index (χ2v) is 5.25. The molecule has 102 valence electrons. The van der Waals surface area contributed by atoms with Crippen molar-refractivity contribution in [3.05, 3.63) is 46.5 Å². The molecule has 0 atom stereocenters. The Morgan fingerprint density at radius 3 is 2.37 bits per heavy atom. The Kier molecular flexibility index (Phi) is 4.00. The van der Waals surface area contributed by atoms with Gasteiger partial charge in [0.25, 0.3) is 0 Å². The second-order valence-electron chi connectivity index (χ2n) is 5.25. The first-order valence-corrected chi connectivity index (χ1v) is 6.62. The molecule has 1 N–H and O–H groups in total. The van der Waals surface area contributed by atoms with E-state index in [0.717, 1.165) is 12.2 Å². The zero-order chi connectivity index (χ0) is 14.0. The molecule has 0 saturated heterocycles. The number of benzene rings is 1. The Balaban J connectivity index is 2.32. The highest BCUT2D eigenvalue weighted by atomic mass is 16.3. The molecule has 1 aromatic carbocycles. The Bertz CT molecular complexity index is 573. The maximum atomic E-state index is 9.30. The molecule has 0 amide bonds. The summed E-state index contributed by atoms with van der Waals surface area (Å²) < 4.78 is 2.01. The zero-order valence-electron chi connectivity index (χ0n) is 12.0. The number of aryl methyl sites for hydroxylation is 2. The molecule has 0 aliphatic rings. The van der Waals surface area contributed by atoms with Gasteiger partial charge in [0.1, 0.15) is 12.4 Å². The molecule has 0 aliphatic carbocycles. The molecule has 1 aromatic heterocycles. The Labute approximate surface area is 114 Å². The van der Waals surface area contributed by atoms with Gasteiger partial charge in [0.15, 0.2) is 5.82 Å². The summed E-state index contributed by atoms with van der Waals surface area (Å²) in [5.74, 6) is 1.54. The summed E-state index contributed by atoms with van der Waals surface area (Å²) in [4.78, 5) is 0. The molecule has 1 heterocycles. The lowest BCUT2D eigenvalue weighted by molar-refractivity contribution is 0.261. The number of hydrogen-bond acceptors (Lipinski definition) is 3. The third kappa shape index (κ3) is 2.84. The van der Waals surface area contributed by atoms with E-state index in [1.165, 1.54) is 16.7 Å². The van der Waals surface area contributed by atoms with E-state index in [1.54, 1.807) is 0 Å². The van der Waals surface area contributed by atoms with Crippen molar-refractivity contribution in [1.82, 2.24) is 14.8 Å². The summed E-state index contributed by atoms with van der Waals surface area (Å²) in [5, 5.41) is 17.6. The number of aliphatic hydroxyl groups is 1. The van der Waals surface area contributed by atoms with Gasteiger partial charge in [0.05, 0.1) is 0 Å². The average molecular weight is 259 g/mol. The first-order valence-electron chi connectivity index (χ1n) is 6.62. The fourth-order valence-electron chi connectivity index (χ4n) is 2.28. The Morgan fingerprint density at radius 1 is 1.11 bits per heavy atom. The van der Waals surface area contributed by atoms with Crippen molar-refractivity contribution in [3.63, 3.8) is 0 Å². The molecule has 0 saturated carbocycles. The maximum Gasteiger partial charge on any atom is 0.159 e. The normalized spacial score (nSPS) is 11.3. The van der Waals surface area contributed by atoms with E-state index in [9.17, 15) is 5.11 Å². The van der Waals surface area contributed by atoms with Gasteiger partial charge in [-0.3, -0.25) is 0 Å². The molecule has 0 unspecified atom stereocenters. The summed E-state index contributed by atoms with van der Waals surface area (Å²) in [6.45, 7) is 8.31. The molecule has 4 nitrogen and oxygen atoms in total. The van der Waals surface area contributed by atoms with Gasteiger partial charge in [-0.05, 0) is 44.4 Å². The maximum absolute atomic E-state index is 9.30. The first kappa shape index (κ1) is 13.7. The standard InChI is InChI=1S/C15H21N3O/c1-10(2)18-14(16-17-15(18)9-19)8-13-6-5-11(3)12(4)7-13/h5-7,10,19H,8-9H2,1-4H3. The predicted molar refractivity (Wildman–Crippen MR) is 75.1 cm³/mol. The second kappa shape index (κ2) is 5.53. The molecule has 2 aromatic rings. The van der Waals surface area contributed by atoms with Gasteiger partial charge in [-0.25, -0.2) is 0 Å². The third-order valence-corrected chi connectivity index (χ3v) is 3.43. The van der Waals surface area contributed by atoms with E-state index < -0.39 is 0 Å². The highest BCUT2D eigenvalue weighted by Gasteiger charge is 2.14. The number of hydrogen-bond donors (Lipinski definition) is 1. The monoisotopic (exact) mass is 259 g/mol. The average Bonchev–Trinajstić information content (AvgIpc) is 2.77. The van der Waals surface area contributed by atoms with Crippen LogP contribution in [0.4, 0.5) is 0 Å². The molecule has 0 fully saturated rings. The van der Waals surface area contributed by atoms with Gasteiger partial charge in [0, 0.05) is 12.5 Å². The van der Waals surface area contributed by atoms with Crippen LogP contribution in [0.2, 0.25) is 0 Å². The van der Waals surface area contributed by atoms with Gasteiger partial charge < -0.3 is 9.67 Å². The van der Waals surface area contributed by atoms with Crippen LogP contribution in [-0.2, 0) is 13.0 Å². The third-order valence-electron chi connectivity index (χ3n) is 3.43. The van der Waals surface area contributed by atoms with Gasteiger partial charge in [-0.2, -0.15) is 0 Å². The first-order chi connectivity index (χ1) is 9.02. The van der Waals surface area contributed by atoms with Gasteiger partial charge in [-0.1, -0.05) is 18.2 Å². The van der Waals surface area contributed by atoms with Crippen molar-refractivity contribution in [1.29, 1.82) is 0 Å². The molecule has 0 radical (unpaired) electrons. The fraction of sp³-hybridized carbons (Fsp3) is 0.467. The van der Waals surface area contributed by atoms with Gasteiger partial charge >= 0.3 is 0 Å². The van der Waals surface area contributed by atoms with E-state index in [4.69, 9.17) is 0 Å². The van der Waals surface area contributed by atoms with E-state index in [0.29, 0.717) is 5.82 Å². The molecular weight excluding hydrogens is 238 g/mol. The van der Waals surface area contributed by atoms with E-state index >= 15 is 0 Å². The van der Waals surface area contributed by atoms with Crippen molar-refractivity contribution in [3.8, 4) is 0 Å². The minimum atomic E-state index is -0.0713. The van der Waals surface area contributed by atoms with Crippen LogP contribution in [0.25, 0.3) is 0 Å². The van der Waals surface area contributed by atoms with Crippen LogP contribution < -0.4 is 0 Å². The quantitative estimate of drug-likeness (QED) is 0.918. The van der Waals surface area contributed by atoms with Crippen LogP contribution in [0.3, 0.4) is 0 Å². The van der Waals surface area contributed by atoms with E-state index in [2.05, 4.69) is 56.1 Å². The van der Waals surface area contributed by atoms with Crippen LogP contribution in [0.1, 0.15) is 48.2 Å². The summed E-state index contributed by atoms with van der Waals surface area (Å²) in [7, 11) is 0. The highest BCUT2D eigenvalue weighted by Crippen LogP contribution is 2.17. The van der Waals surface area contributed by atoms with Gasteiger partial charge in [-0.15, -0.1) is 10.2 Å². The molecule has 0 aliphatic heterocycles. The number of aliphatic hydroxyl groups excluding tert-OH is 1. The number of aromatic nitrogens is 3. The van der Waals surface area contributed by atoms with Crippen LogP contribution in [0.15, 0.2) is 18.2 Å². The topological polar surface area (TPSA) is 50.9 Å². The highest BCUT2D eigenvalue weighted by molar-refractivity contribution is 5.31. The van der Waals surface area contributed by atoms with Crippen molar-refractivity contribution < 1.29 is 5.11 Å². The van der Waals surface area contributed by atoms with E-state index in [1.807, 2.05) is 4.57 Å². The largest absolute Gasteiger partial charge is 0.388 e. The predicted octanol–water partition coefficient (Wildman–Crippen LogP) is 2.56. The summed E-state index contributed by atoms with van der Waals surface area (Å²) in [6, 6.07) is 6.69. The molecule has 0 spiro atoms. The molecule has 19 heavy (non-hydrogen) atoms. The molecule has 2 rings (SSSR count). The van der Waals surface area contributed by atoms with E-state index in [-0.39, 0.29) is 12.6 Å². The fourth-order valence-corrected chi connectivity index (χ4v) is 2.28.